The van der Waals surface area contributed by atoms with Crippen molar-refractivity contribution in [1.82, 2.24) is 0 Å². The lowest BCUT2D eigenvalue weighted by atomic mass is 9.89. The van der Waals surface area contributed by atoms with Crippen molar-refractivity contribution in [2.24, 2.45) is 11.7 Å². The quantitative estimate of drug-likeness (QED) is 0.759. The molecular weight excluding hydrogens is 228 g/mol. The Morgan fingerprint density at radius 1 is 1.61 bits per heavy atom. The lowest BCUT2D eigenvalue weighted by molar-refractivity contribution is -0.138. The van der Waals surface area contributed by atoms with Gasteiger partial charge in [-0.3, -0.25) is 4.79 Å². The molecule has 4 N–H and O–H groups in total. The number of nitrogens with two attached hydrogens (primary N) is 1. The number of hydrogen-bond acceptors (Lipinski definition) is 3. The van der Waals surface area contributed by atoms with Crippen LogP contribution >= 0.6 is 0 Å². The maximum absolute atomic E-state index is 10.7. The van der Waals surface area contributed by atoms with Crippen molar-refractivity contribution in [3.63, 3.8) is 0 Å². The molecule has 4 heteroatoms. The van der Waals surface area contributed by atoms with Crippen LogP contribution in [0.15, 0.2) is 18.2 Å². The highest BCUT2D eigenvalue weighted by molar-refractivity contribution is 5.72. The van der Waals surface area contributed by atoms with Gasteiger partial charge < -0.3 is 16.2 Å². The topological polar surface area (TPSA) is 75.3 Å². The van der Waals surface area contributed by atoms with Crippen LogP contribution in [0.2, 0.25) is 0 Å². The molecule has 0 bridgehead atoms. The number of carboxylic acids is 1. The van der Waals surface area contributed by atoms with E-state index in [-0.39, 0.29) is 0 Å². The number of benzene rings is 1. The van der Waals surface area contributed by atoms with Crippen LogP contribution < -0.4 is 11.1 Å². The molecular formula is C14H20N2O2. The van der Waals surface area contributed by atoms with Crippen molar-refractivity contribution in [2.75, 3.05) is 11.9 Å². The largest absolute Gasteiger partial charge is 0.480 e. The second kappa shape index (κ2) is 5.40. The number of nitrogens with one attached hydrogen (secondary N) is 1. The molecule has 98 valence electrons. The fraction of sp³-hybridized carbons (Fsp3) is 0.500. The van der Waals surface area contributed by atoms with Crippen molar-refractivity contribution in [2.45, 2.75) is 32.2 Å². The molecule has 0 spiro atoms. The van der Waals surface area contributed by atoms with E-state index in [9.17, 15) is 4.79 Å². The third-order valence-corrected chi connectivity index (χ3v) is 3.56. The molecule has 1 aromatic rings. The van der Waals surface area contributed by atoms with Gasteiger partial charge in [-0.25, -0.2) is 0 Å². The first-order chi connectivity index (χ1) is 8.56. The summed E-state index contributed by atoms with van der Waals surface area (Å²) in [5.74, 6) is -0.430. The number of rotatable bonds is 4. The van der Waals surface area contributed by atoms with Crippen molar-refractivity contribution >= 4 is 11.7 Å². The Hall–Kier alpha value is -1.55. The van der Waals surface area contributed by atoms with Crippen LogP contribution in [0.5, 0.6) is 0 Å². The Balaban J connectivity index is 1.92. The molecule has 0 fully saturated rings. The minimum atomic E-state index is -0.908. The Morgan fingerprint density at radius 3 is 3.11 bits per heavy atom. The normalized spacial score (nSPS) is 19.8. The molecule has 0 saturated heterocycles. The van der Waals surface area contributed by atoms with Gasteiger partial charge in [0.15, 0.2) is 0 Å². The van der Waals surface area contributed by atoms with E-state index in [0.29, 0.717) is 12.3 Å². The van der Waals surface area contributed by atoms with Crippen LogP contribution in [0.4, 0.5) is 5.69 Å². The van der Waals surface area contributed by atoms with E-state index in [1.54, 1.807) is 0 Å². The highest BCUT2D eigenvalue weighted by Crippen LogP contribution is 2.27. The zero-order valence-corrected chi connectivity index (χ0v) is 10.6. The Kier molecular flexibility index (Phi) is 3.87. The molecule has 1 heterocycles. The molecule has 0 amide bonds. The predicted molar refractivity (Wildman–Crippen MR) is 71.7 cm³/mol. The number of carbonyl (C=O) groups is 1. The molecule has 0 aliphatic carbocycles. The number of fused-ring (bicyclic) bond motifs is 1. The maximum atomic E-state index is 10.7. The molecule has 1 aliphatic heterocycles. The predicted octanol–water partition coefficient (Wildman–Crippen LogP) is 1.77. The molecule has 1 aromatic carbocycles. The number of anilines is 1. The van der Waals surface area contributed by atoms with E-state index in [1.807, 2.05) is 0 Å². The summed E-state index contributed by atoms with van der Waals surface area (Å²) in [5, 5.41) is 12.2. The fourth-order valence-corrected chi connectivity index (χ4v) is 2.41. The molecule has 18 heavy (non-hydrogen) atoms. The van der Waals surface area contributed by atoms with E-state index >= 15 is 0 Å². The van der Waals surface area contributed by atoms with Crippen LogP contribution in [0.25, 0.3) is 0 Å². The maximum Gasteiger partial charge on any atom is 0.320 e. The zero-order chi connectivity index (χ0) is 13.1. The number of hydrogen-bond donors (Lipinski definition) is 3. The van der Waals surface area contributed by atoms with E-state index < -0.39 is 12.0 Å². The first-order valence-corrected chi connectivity index (χ1v) is 6.38. The van der Waals surface area contributed by atoms with Crippen LogP contribution in [0.3, 0.4) is 0 Å². The van der Waals surface area contributed by atoms with Gasteiger partial charge in [0.25, 0.3) is 0 Å². The van der Waals surface area contributed by atoms with E-state index in [4.69, 9.17) is 10.8 Å². The average Bonchev–Trinajstić information content (AvgIpc) is 2.35. The monoisotopic (exact) mass is 248 g/mol. The second-order valence-corrected chi connectivity index (χ2v) is 5.13. The van der Waals surface area contributed by atoms with Crippen molar-refractivity contribution in [1.29, 1.82) is 0 Å². The standard InChI is InChI=1S/C14H20N2O2/c1-9-2-4-11-7-10(8-16-13(11)6-9)3-5-12(15)14(17)18/h2,4,6,10,12,16H,3,5,7-8,15H2,1H3,(H,17,18)/t10-,12-/m1/s1. The number of aryl methyl sites for hydroxylation is 1. The third-order valence-electron chi connectivity index (χ3n) is 3.56. The summed E-state index contributed by atoms with van der Waals surface area (Å²) < 4.78 is 0. The molecule has 1 aliphatic rings. The minimum Gasteiger partial charge on any atom is -0.480 e. The van der Waals surface area contributed by atoms with Gasteiger partial charge in [0.1, 0.15) is 6.04 Å². The van der Waals surface area contributed by atoms with Gasteiger partial charge >= 0.3 is 5.97 Å². The van der Waals surface area contributed by atoms with Gasteiger partial charge in [0.2, 0.25) is 0 Å². The molecule has 2 atom stereocenters. The summed E-state index contributed by atoms with van der Waals surface area (Å²) in [6.45, 7) is 2.99. The lowest BCUT2D eigenvalue weighted by Crippen LogP contribution is -2.32. The van der Waals surface area contributed by atoms with Crippen LogP contribution in [0, 0.1) is 12.8 Å². The van der Waals surface area contributed by atoms with E-state index in [2.05, 4.69) is 30.4 Å². The van der Waals surface area contributed by atoms with Crippen molar-refractivity contribution in [3.05, 3.63) is 29.3 Å². The average molecular weight is 248 g/mol. The van der Waals surface area contributed by atoms with Crippen LogP contribution in [0.1, 0.15) is 24.0 Å². The highest BCUT2D eigenvalue weighted by atomic mass is 16.4. The summed E-state index contributed by atoms with van der Waals surface area (Å²) in [4.78, 5) is 10.7. The third kappa shape index (κ3) is 3.01. The number of aliphatic carboxylic acids is 1. The van der Waals surface area contributed by atoms with Gasteiger partial charge in [-0.1, -0.05) is 12.1 Å². The Bertz CT molecular complexity index is 445. The summed E-state index contributed by atoms with van der Waals surface area (Å²) in [6.07, 6.45) is 2.41. The highest BCUT2D eigenvalue weighted by Gasteiger charge is 2.20. The Morgan fingerprint density at radius 2 is 2.39 bits per heavy atom. The molecule has 4 nitrogen and oxygen atoms in total. The van der Waals surface area contributed by atoms with Gasteiger partial charge in [-0.05, 0) is 49.3 Å². The zero-order valence-electron chi connectivity index (χ0n) is 10.6. The van der Waals surface area contributed by atoms with Gasteiger partial charge in [-0.15, -0.1) is 0 Å². The van der Waals surface area contributed by atoms with Crippen LogP contribution in [-0.4, -0.2) is 23.7 Å². The number of carboxylic acid groups (broad SMARTS) is 1. The summed E-state index contributed by atoms with van der Waals surface area (Å²) >= 11 is 0. The molecule has 0 saturated carbocycles. The van der Waals surface area contributed by atoms with Gasteiger partial charge in [0.05, 0.1) is 0 Å². The lowest BCUT2D eigenvalue weighted by Gasteiger charge is -2.27. The fourth-order valence-electron chi connectivity index (χ4n) is 2.41. The summed E-state index contributed by atoms with van der Waals surface area (Å²) in [6, 6.07) is 5.70. The molecule has 0 radical (unpaired) electrons. The summed E-state index contributed by atoms with van der Waals surface area (Å²) in [7, 11) is 0. The van der Waals surface area contributed by atoms with Gasteiger partial charge in [-0.2, -0.15) is 0 Å². The van der Waals surface area contributed by atoms with E-state index in [0.717, 1.165) is 19.4 Å². The van der Waals surface area contributed by atoms with E-state index in [1.165, 1.54) is 16.8 Å². The molecule has 0 unspecified atom stereocenters. The second-order valence-electron chi connectivity index (χ2n) is 5.13. The summed E-state index contributed by atoms with van der Waals surface area (Å²) in [5.41, 5.74) is 9.32. The first-order valence-electron chi connectivity index (χ1n) is 6.38. The van der Waals surface area contributed by atoms with Crippen molar-refractivity contribution in [3.8, 4) is 0 Å². The SMILES string of the molecule is Cc1ccc2c(c1)NC[C@H](CC[C@@H](N)C(=O)O)C2. The van der Waals surface area contributed by atoms with Crippen LogP contribution in [-0.2, 0) is 11.2 Å². The smallest absolute Gasteiger partial charge is 0.320 e. The van der Waals surface area contributed by atoms with Crippen molar-refractivity contribution < 1.29 is 9.90 Å². The first kappa shape index (κ1) is 12.9. The van der Waals surface area contributed by atoms with Gasteiger partial charge in [0, 0.05) is 12.2 Å². The molecule has 2 rings (SSSR count). The Labute approximate surface area is 107 Å². The minimum absolute atomic E-state index is 0.477. The molecule has 0 aromatic heterocycles.